The minimum absolute atomic E-state index is 0.184. The van der Waals surface area contributed by atoms with Crippen LogP contribution in [0.25, 0.3) is 0 Å². The molecule has 3 aromatic rings. The van der Waals surface area contributed by atoms with Crippen LogP contribution in [0.1, 0.15) is 27.4 Å². The van der Waals surface area contributed by atoms with Crippen LogP contribution in [-0.4, -0.2) is 29.4 Å². The Morgan fingerprint density at radius 1 is 1.16 bits per heavy atom. The lowest BCUT2D eigenvalue weighted by Gasteiger charge is -2.12. The van der Waals surface area contributed by atoms with Crippen molar-refractivity contribution in [1.82, 2.24) is 5.16 Å². The third-order valence-electron chi connectivity index (χ3n) is 4.45. The molecule has 1 aromatic heterocycles. The number of nitrogens with zero attached hydrogens (tertiary/aromatic N) is 2. The monoisotopic (exact) mass is 451 g/mol. The lowest BCUT2D eigenvalue weighted by atomic mass is 10.2. The highest BCUT2D eigenvalue weighted by Gasteiger charge is 2.17. The first-order valence-electron chi connectivity index (χ1n) is 9.69. The van der Waals surface area contributed by atoms with Gasteiger partial charge in [-0.3, -0.25) is 4.79 Å². The van der Waals surface area contributed by atoms with E-state index in [-0.39, 0.29) is 17.9 Å². The molecule has 0 radical (unpaired) electrons. The number of aromatic nitrogens is 1. The second-order valence-corrected chi connectivity index (χ2v) is 7.67. The van der Waals surface area contributed by atoms with Crippen LogP contribution in [0.15, 0.2) is 57.9 Å². The number of anilines is 1. The molecule has 164 valence electrons. The van der Waals surface area contributed by atoms with Crippen LogP contribution >= 0.6 is 11.8 Å². The SMILES string of the molecule is Cc1noc(C)c1COc1ccccc1C(=O)OCC(=O)Nc1ccccc1SCC#N. The van der Waals surface area contributed by atoms with E-state index in [0.717, 1.165) is 10.5 Å². The smallest absolute Gasteiger partial charge is 0.342 e. The van der Waals surface area contributed by atoms with Crippen molar-refractivity contribution < 1.29 is 23.6 Å². The average molecular weight is 452 g/mol. The van der Waals surface area contributed by atoms with Crippen molar-refractivity contribution in [2.75, 3.05) is 17.7 Å². The van der Waals surface area contributed by atoms with Crippen molar-refractivity contribution >= 4 is 29.3 Å². The molecule has 32 heavy (non-hydrogen) atoms. The molecule has 0 unspecified atom stereocenters. The summed E-state index contributed by atoms with van der Waals surface area (Å²) >= 11 is 1.31. The Hall–Kier alpha value is -3.77. The van der Waals surface area contributed by atoms with Crippen LogP contribution in [0.3, 0.4) is 0 Å². The van der Waals surface area contributed by atoms with Crippen LogP contribution in [0.4, 0.5) is 5.69 Å². The zero-order chi connectivity index (χ0) is 22.9. The van der Waals surface area contributed by atoms with Gasteiger partial charge < -0.3 is 19.3 Å². The molecule has 8 nitrogen and oxygen atoms in total. The number of carbonyl (C=O) groups excluding carboxylic acids is 2. The molecule has 3 rings (SSSR count). The van der Waals surface area contributed by atoms with Gasteiger partial charge >= 0.3 is 5.97 Å². The van der Waals surface area contributed by atoms with Gasteiger partial charge in [0.25, 0.3) is 5.91 Å². The van der Waals surface area contributed by atoms with Gasteiger partial charge in [-0.05, 0) is 38.1 Å². The number of aryl methyl sites for hydroxylation is 2. The number of para-hydroxylation sites is 2. The summed E-state index contributed by atoms with van der Waals surface area (Å²) in [5.41, 5.74) is 2.28. The molecule has 0 saturated carbocycles. The summed E-state index contributed by atoms with van der Waals surface area (Å²) in [6.07, 6.45) is 0. The first-order chi connectivity index (χ1) is 15.5. The Bertz CT molecular complexity index is 1130. The summed E-state index contributed by atoms with van der Waals surface area (Å²) in [4.78, 5) is 25.6. The van der Waals surface area contributed by atoms with E-state index in [4.69, 9.17) is 19.3 Å². The summed E-state index contributed by atoms with van der Waals surface area (Å²) < 4.78 is 16.1. The Morgan fingerprint density at radius 2 is 1.91 bits per heavy atom. The Morgan fingerprint density at radius 3 is 2.66 bits per heavy atom. The first kappa shape index (κ1) is 22.9. The lowest BCUT2D eigenvalue weighted by Crippen LogP contribution is -2.21. The number of amides is 1. The Labute approximate surface area is 189 Å². The summed E-state index contributed by atoms with van der Waals surface area (Å²) in [5, 5.41) is 15.3. The molecule has 0 aliphatic heterocycles. The van der Waals surface area contributed by atoms with Gasteiger partial charge in [0.15, 0.2) is 6.61 Å². The van der Waals surface area contributed by atoms with E-state index in [1.54, 1.807) is 49.4 Å². The van der Waals surface area contributed by atoms with Crippen LogP contribution in [0.2, 0.25) is 0 Å². The molecule has 0 saturated heterocycles. The van der Waals surface area contributed by atoms with E-state index in [9.17, 15) is 9.59 Å². The standard InChI is InChI=1S/C23H21N3O5S/c1-15-18(16(2)31-26-15)13-29-20-9-5-3-7-17(20)23(28)30-14-22(27)25-19-8-4-6-10-21(19)32-12-11-24/h3-10H,12-14H2,1-2H3,(H,25,27). The second kappa shape index (κ2) is 11.0. The number of benzene rings is 2. The molecule has 1 heterocycles. The number of thioether (sulfide) groups is 1. The Balaban J connectivity index is 1.60. The molecule has 0 bridgehead atoms. The quantitative estimate of drug-likeness (QED) is 0.379. The molecule has 1 amide bonds. The highest BCUT2D eigenvalue weighted by atomic mass is 32.2. The highest BCUT2D eigenvalue weighted by Crippen LogP contribution is 2.26. The van der Waals surface area contributed by atoms with Gasteiger partial charge in [0.2, 0.25) is 0 Å². The van der Waals surface area contributed by atoms with Crippen molar-refractivity contribution in [3.8, 4) is 11.8 Å². The fourth-order valence-electron chi connectivity index (χ4n) is 2.82. The number of hydrogen-bond acceptors (Lipinski definition) is 8. The van der Waals surface area contributed by atoms with Crippen LogP contribution in [0.5, 0.6) is 5.75 Å². The van der Waals surface area contributed by atoms with Crippen LogP contribution < -0.4 is 10.1 Å². The fraction of sp³-hybridized carbons (Fsp3) is 0.217. The fourth-order valence-corrected chi connectivity index (χ4v) is 3.49. The van der Waals surface area contributed by atoms with E-state index in [2.05, 4.69) is 10.5 Å². The minimum atomic E-state index is -0.679. The predicted molar refractivity (Wildman–Crippen MR) is 118 cm³/mol. The van der Waals surface area contributed by atoms with Gasteiger partial charge in [-0.2, -0.15) is 5.26 Å². The van der Waals surface area contributed by atoms with E-state index in [1.807, 2.05) is 19.1 Å². The number of nitriles is 1. The maximum Gasteiger partial charge on any atom is 0.342 e. The summed E-state index contributed by atoms with van der Waals surface area (Å²) in [5.74, 6) is 0.0646. The molecule has 0 aliphatic carbocycles. The summed E-state index contributed by atoms with van der Waals surface area (Å²) in [7, 11) is 0. The van der Waals surface area contributed by atoms with E-state index in [1.165, 1.54) is 11.8 Å². The number of carbonyl (C=O) groups is 2. The molecule has 0 aliphatic rings. The van der Waals surface area contributed by atoms with Crippen LogP contribution in [0, 0.1) is 25.2 Å². The largest absolute Gasteiger partial charge is 0.488 e. The van der Waals surface area contributed by atoms with Gasteiger partial charge in [0.05, 0.1) is 28.8 Å². The highest BCUT2D eigenvalue weighted by molar-refractivity contribution is 7.99. The molecule has 0 spiro atoms. The number of hydrogen-bond donors (Lipinski definition) is 1. The normalized spacial score (nSPS) is 10.3. The number of nitrogens with one attached hydrogen (secondary N) is 1. The average Bonchev–Trinajstić information content (AvgIpc) is 3.12. The van der Waals surface area contributed by atoms with Gasteiger partial charge in [0.1, 0.15) is 23.7 Å². The molecular weight excluding hydrogens is 430 g/mol. The number of ether oxygens (including phenoxy) is 2. The molecule has 1 N–H and O–H groups in total. The van der Waals surface area contributed by atoms with Crippen molar-refractivity contribution in [1.29, 1.82) is 5.26 Å². The number of rotatable bonds is 9. The van der Waals surface area contributed by atoms with Crippen LogP contribution in [-0.2, 0) is 16.1 Å². The molecule has 0 fully saturated rings. The minimum Gasteiger partial charge on any atom is -0.488 e. The van der Waals surface area contributed by atoms with E-state index >= 15 is 0 Å². The van der Waals surface area contributed by atoms with E-state index < -0.39 is 18.5 Å². The van der Waals surface area contributed by atoms with E-state index in [0.29, 0.717) is 22.9 Å². The molecule has 2 aromatic carbocycles. The predicted octanol–water partition coefficient (Wildman–Crippen LogP) is 4.28. The molecule has 9 heteroatoms. The zero-order valence-corrected chi connectivity index (χ0v) is 18.4. The van der Waals surface area contributed by atoms with Gasteiger partial charge in [-0.1, -0.05) is 29.4 Å². The van der Waals surface area contributed by atoms with Gasteiger partial charge in [0, 0.05) is 4.90 Å². The van der Waals surface area contributed by atoms with Crippen molar-refractivity contribution in [2.24, 2.45) is 0 Å². The Kier molecular flexibility index (Phi) is 7.89. The van der Waals surface area contributed by atoms with Crippen molar-refractivity contribution in [2.45, 2.75) is 25.3 Å². The topological polar surface area (TPSA) is 114 Å². The van der Waals surface area contributed by atoms with Gasteiger partial charge in [-0.15, -0.1) is 11.8 Å². The number of esters is 1. The maximum atomic E-state index is 12.6. The summed E-state index contributed by atoms with van der Waals surface area (Å²) in [6.45, 7) is 3.32. The van der Waals surface area contributed by atoms with Gasteiger partial charge in [-0.25, -0.2) is 4.79 Å². The third kappa shape index (κ3) is 5.89. The van der Waals surface area contributed by atoms with Crippen molar-refractivity contribution in [3.05, 3.63) is 71.1 Å². The lowest BCUT2D eigenvalue weighted by molar-refractivity contribution is -0.119. The van der Waals surface area contributed by atoms with Crippen molar-refractivity contribution in [3.63, 3.8) is 0 Å². The zero-order valence-electron chi connectivity index (χ0n) is 17.6. The summed E-state index contributed by atoms with van der Waals surface area (Å²) in [6, 6.07) is 15.8. The molecule has 0 atom stereocenters. The third-order valence-corrected chi connectivity index (χ3v) is 5.39. The first-order valence-corrected chi connectivity index (χ1v) is 10.7. The second-order valence-electron chi connectivity index (χ2n) is 6.65. The molecular formula is C23H21N3O5S. The maximum absolute atomic E-state index is 12.6.